The molecule has 0 heterocycles. The monoisotopic (exact) mass is 308 g/mol. The van der Waals surface area contributed by atoms with E-state index in [2.05, 4.69) is 0 Å². The summed E-state index contributed by atoms with van der Waals surface area (Å²) in [5.74, 6) is 0.644. The van der Waals surface area contributed by atoms with Gasteiger partial charge in [-0.3, -0.25) is 0 Å². The lowest BCUT2D eigenvalue weighted by molar-refractivity contribution is 0.475. The van der Waals surface area contributed by atoms with Gasteiger partial charge in [-0.15, -0.1) is 0 Å². The number of aromatic hydroxyl groups is 2. The van der Waals surface area contributed by atoms with Crippen LogP contribution >= 0.6 is 0 Å². The van der Waals surface area contributed by atoms with Crippen LogP contribution in [0.1, 0.15) is 55.4 Å². The highest BCUT2D eigenvalue weighted by Gasteiger charge is 1.75. The lowest BCUT2D eigenvalue weighted by atomic mass is 10.3. The lowest BCUT2D eigenvalue weighted by Crippen LogP contribution is -1.56. The maximum atomic E-state index is 8.63. The molecule has 2 heteroatoms. The van der Waals surface area contributed by atoms with Crippen molar-refractivity contribution in [3.63, 3.8) is 0 Å². The first-order valence-electron chi connectivity index (χ1n) is 8.27. The molecule has 0 bridgehead atoms. The van der Waals surface area contributed by atoms with Crippen LogP contribution in [0.15, 0.2) is 60.7 Å². The quantitative estimate of drug-likeness (QED) is 0.556. The van der Waals surface area contributed by atoms with Crippen molar-refractivity contribution in [2.45, 2.75) is 55.4 Å². The molecule has 2 nitrogen and oxygen atoms in total. The molecule has 0 saturated heterocycles. The van der Waals surface area contributed by atoms with Gasteiger partial charge in [0.05, 0.1) is 0 Å². The van der Waals surface area contributed by atoms with Crippen molar-refractivity contribution in [1.82, 2.24) is 0 Å². The van der Waals surface area contributed by atoms with E-state index in [1.54, 1.807) is 48.5 Å². The zero-order chi connectivity index (χ0) is 18.2. The third kappa shape index (κ3) is 26.6. The molecule has 0 aliphatic carbocycles. The van der Waals surface area contributed by atoms with Crippen molar-refractivity contribution >= 4 is 0 Å². The maximum Gasteiger partial charge on any atom is 0.115 e. The lowest BCUT2D eigenvalue weighted by Gasteiger charge is -1.82. The van der Waals surface area contributed by atoms with Gasteiger partial charge in [0, 0.05) is 0 Å². The van der Waals surface area contributed by atoms with Crippen LogP contribution in [0, 0.1) is 0 Å². The second kappa shape index (κ2) is 31.4. The number of para-hydroxylation sites is 2. The van der Waals surface area contributed by atoms with Gasteiger partial charge in [-0.1, -0.05) is 91.8 Å². The molecule has 2 aromatic carbocycles. The second-order valence-corrected chi connectivity index (χ2v) is 2.67. The minimum Gasteiger partial charge on any atom is -0.508 e. The van der Waals surface area contributed by atoms with Gasteiger partial charge < -0.3 is 10.2 Å². The molecule has 2 aromatic rings. The molecule has 0 radical (unpaired) electrons. The fourth-order valence-electron chi connectivity index (χ4n) is 0.856. The predicted octanol–water partition coefficient (Wildman–Crippen LogP) is 6.89. The minimum absolute atomic E-state index is 0.322. The van der Waals surface area contributed by atoms with Gasteiger partial charge in [-0.05, 0) is 24.3 Å². The molecule has 0 aromatic heterocycles. The standard InChI is InChI=1S/2C6H6O.4C2H6/c2*7-6-4-2-1-3-5-6;4*1-2/h2*1-5,7H;4*1-2H3. The van der Waals surface area contributed by atoms with E-state index in [0.29, 0.717) is 11.5 Å². The summed E-state index contributed by atoms with van der Waals surface area (Å²) < 4.78 is 0. The summed E-state index contributed by atoms with van der Waals surface area (Å²) in [5.41, 5.74) is 0. The summed E-state index contributed by atoms with van der Waals surface area (Å²) in [6.45, 7) is 16.0. The molecule has 0 saturated carbocycles. The third-order valence-electron chi connectivity index (χ3n) is 1.51. The van der Waals surface area contributed by atoms with E-state index >= 15 is 0 Å². The van der Waals surface area contributed by atoms with Crippen molar-refractivity contribution in [3.05, 3.63) is 60.7 Å². The van der Waals surface area contributed by atoms with Gasteiger partial charge in [0.1, 0.15) is 11.5 Å². The number of benzene rings is 2. The minimum atomic E-state index is 0.322. The molecule has 0 atom stereocenters. The molecule has 128 valence electrons. The SMILES string of the molecule is CC.CC.CC.CC.Oc1ccccc1.Oc1ccccc1. The Labute approximate surface area is 138 Å². The van der Waals surface area contributed by atoms with E-state index in [1.807, 2.05) is 67.5 Å². The smallest absolute Gasteiger partial charge is 0.115 e. The Morgan fingerprint density at radius 2 is 0.591 bits per heavy atom. The first kappa shape index (κ1) is 28.2. The van der Waals surface area contributed by atoms with Crippen molar-refractivity contribution in [2.24, 2.45) is 0 Å². The highest BCUT2D eigenvalue weighted by Crippen LogP contribution is 2.03. The van der Waals surface area contributed by atoms with E-state index in [4.69, 9.17) is 10.2 Å². The average Bonchev–Trinajstić information content (AvgIpc) is 2.64. The van der Waals surface area contributed by atoms with Gasteiger partial charge >= 0.3 is 0 Å². The third-order valence-corrected chi connectivity index (χ3v) is 1.51. The van der Waals surface area contributed by atoms with Crippen LogP contribution < -0.4 is 0 Å². The zero-order valence-corrected chi connectivity index (χ0v) is 15.7. The summed E-state index contributed by atoms with van der Waals surface area (Å²) in [5, 5.41) is 17.3. The Morgan fingerprint density at radius 3 is 0.682 bits per heavy atom. The van der Waals surface area contributed by atoms with Gasteiger partial charge in [-0.2, -0.15) is 0 Å². The van der Waals surface area contributed by atoms with E-state index in [1.165, 1.54) is 0 Å². The zero-order valence-electron chi connectivity index (χ0n) is 15.7. The van der Waals surface area contributed by atoms with Crippen molar-refractivity contribution < 1.29 is 10.2 Å². The summed E-state index contributed by atoms with van der Waals surface area (Å²) in [4.78, 5) is 0. The van der Waals surface area contributed by atoms with Crippen LogP contribution in [0.3, 0.4) is 0 Å². The molecular weight excluding hydrogens is 272 g/mol. The number of hydrogen-bond donors (Lipinski definition) is 2. The van der Waals surface area contributed by atoms with Crippen LogP contribution in [0.25, 0.3) is 0 Å². The fraction of sp³-hybridized carbons (Fsp3) is 0.400. The number of rotatable bonds is 0. The number of hydrogen-bond acceptors (Lipinski definition) is 2. The first-order valence-corrected chi connectivity index (χ1v) is 8.27. The van der Waals surface area contributed by atoms with Gasteiger partial charge in [0.15, 0.2) is 0 Å². The molecule has 0 unspecified atom stereocenters. The molecule has 0 amide bonds. The van der Waals surface area contributed by atoms with Crippen LogP contribution in [0.2, 0.25) is 0 Å². The summed E-state index contributed by atoms with van der Waals surface area (Å²) in [6.07, 6.45) is 0. The normalized spacial score (nSPS) is 6.55. The van der Waals surface area contributed by atoms with Crippen molar-refractivity contribution in [2.75, 3.05) is 0 Å². The highest BCUT2D eigenvalue weighted by atomic mass is 16.3. The number of phenolic OH excluding ortho intramolecular Hbond substituents is 2. The molecule has 0 aliphatic rings. The van der Waals surface area contributed by atoms with Crippen LogP contribution in [0.4, 0.5) is 0 Å². The Hall–Kier alpha value is -1.96. The largest absolute Gasteiger partial charge is 0.508 e. The fourth-order valence-corrected chi connectivity index (χ4v) is 0.856. The van der Waals surface area contributed by atoms with Crippen LogP contribution in [0.5, 0.6) is 11.5 Å². The van der Waals surface area contributed by atoms with Crippen molar-refractivity contribution in [1.29, 1.82) is 0 Å². The Balaban J connectivity index is -0.000000102. The van der Waals surface area contributed by atoms with Crippen LogP contribution in [-0.2, 0) is 0 Å². The molecule has 2 rings (SSSR count). The average molecular weight is 309 g/mol. The van der Waals surface area contributed by atoms with Gasteiger partial charge in [0.2, 0.25) is 0 Å². The highest BCUT2D eigenvalue weighted by molar-refractivity contribution is 5.19. The number of phenols is 2. The van der Waals surface area contributed by atoms with E-state index in [0.717, 1.165) is 0 Å². The summed E-state index contributed by atoms with van der Waals surface area (Å²) in [7, 11) is 0. The summed E-state index contributed by atoms with van der Waals surface area (Å²) >= 11 is 0. The molecule has 0 fully saturated rings. The van der Waals surface area contributed by atoms with Crippen molar-refractivity contribution in [3.8, 4) is 11.5 Å². The second-order valence-electron chi connectivity index (χ2n) is 2.67. The van der Waals surface area contributed by atoms with E-state index < -0.39 is 0 Å². The molecule has 0 aliphatic heterocycles. The topological polar surface area (TPSA) is 40.5 Å². The van der Waals surface area contributed by atoms with Crippen LogP contribution in [-0.4, -0.2) is 10.2 Å². The Morgan fingerprint density at radius 1 is 0.409 bits per heavy atom. The molecular formula is C20H36O2. The Bertz CT molecular complexity index is 307. The summed E-state index contributed by atoms with van der Waals surface area (Å²) in [6, 6.07) is 17.4. The van der Waals surface area contributed by atoms with Gasteiger partial charge in [0.25, 0.3) is 0 Å². The van der Waals surface area contributed by atoms with E-state index in [9.17, 15) is 0 Å². The first-order chi connectivity index (χ1) is 10.8. The van der Waals surface area contributed by atoms with Gasteiger partial charge in [-0.25, -0.2) is 0 Å². The van der Waals surface area contributed by atoms with E-state index in [-0.39, 0.29) is 0 Å². The Kier molecular flexibility index (Phi) is 40.3. The predicted molar refractivity (Wildman–Crippen MR) is 102 cm³/mol. The molecule has 2 N–H and O–H groups in total. The molecule has 0 spiro atoms. The molecule has 22 heavy (non-hydrogen) atoms. The maximum absolute atomic E-state index is 8.63.